The summed E-state index contributed by atoms with van der Waals surface area (Å²) in [4.78, 5) is 6.08. The number of hydrogen-bond donors (Lipinski definition) is 0. The molecule has 4 heteroatoms. The highest BCUT2D eigenvalue weighted by molar-refractivity contribution is 5.66. The minimum absolute atomic E-state index is 0.323. The first kappa shape index (κ1) is 13.0. The average molecular weight is 255 g/mol. The van der Waals surface area contributed by atoms with Gasteiger partial charge in [0.2, 0.25) is 0 Å². The van der Waals surface area contributed by atoms with Crippen LogP contribution in [0.25, 0.3) is 0 Å². The molecule has 1 aromatic heterocycles. The molecule has 0 fully saturated rings. The van der Waals surface area contributed by atoms with Crippen LogP contribution in [0.4, 0.5) is 15.9 Å². The molecule has 0 unspecified atom stereocenters. The van der Waals surface area contributed by atoms with E-state index < -0.39 is 0 Å². The molecule has 3 nitrogen and oxygen atoms in total. The van der Waals surface area contributed by atoms with Crippen molar-refractivity contribution in [3.05, 3.63) is 53.5 Å². The van der Waals surface area contributed by atoms with E-state index in [1.807, 2.05) is 13.8 Å². The van der Waals surface area contributed by atoms with Gasteiger partial charge in [0.05, 0.1) is 11.3 Å². The molecule has 2 rings (SSSR count). The van der Waals surface area contributed by atoms with E-state index in [4.69, 9.17) is 5.26 Å². The molecular weight excluding hydrogens is 241 g/mol. The summed E-state index contributed by atoms with van der Waals surface area (Å²) >= 11 is 0. The lowest BCUT2D eigenvalue weighted by Crippen LogP contribution is -2.20. The minimum atomic E-state index is -0.323. The number of nitriles is 1. The summed E-state index contributed by atoms with van der Waals surface area (Å²) in [6.45, 7) is 4.28. The molecule has 0 saturated carbocycles. The molecule has 2 aromatic rings. The fraction of sp³-hybridized carbons (Fsp3) is 0.200. The number of anilines is 2. The lowest BCUT2D eigenvalue weighted by Gasteiger charge is -2.23. The maximum atomic E-state index is 13.9. The molecule has 96 valence electrons. The summed E-state index contributed by atoms with van der Waals surface area (Å²) in [6.07, 6.45) is 0. The molecule has 0 amide bonds. The lowest BCUT2D eigenvalue weighted by molar-refractivity contribution is 0.625. The van der Waals surface area contributed by atoms with Crippen molar-refractivity contribution >= 4 is 11.5 Å². The molecular formula is C15H14FN3. The van der Waals surface area contributed by atoms with Crippen molar-refractivity contribution in [2.75, 3.05) is 11.4 Å². The summed E-state index contributed by atoms with van der Waals surface area (Å²) in [5, 5.41) is 9.16. The van der Waals surface area contributed by atoms with Crippen LogP contribution in [0.2, 0.25) is 0 Å². The van der Waals surface area contributed by atoms with Crippen molar-refractivity contribution in [3.8, 4) is 6.07 Å². The number of halogens is 1. The number of pyridine rings is 1. The van der Waals surface area contributed by atoms with Gasteiger partial charge >= 0.3 is 0 Å². The summed E-state index contributed by atoms with van der Waals surface area (Å²) in [5.41, 5.74) is 1.67. The Morgan fingerprint density at radius 1 is 1.26 bits per heavy atom. The maximum Gasteiger partial charge on any atom is 0.151 e. The molecule has 0 aliphatic carbocycles. The van der Waals surface area contributed by atoms with E-state index in [-0.39, 0.29) is 5.82 Å². The number of para-hydroxylation sites is 1. The first-order valence-corrected chi connectivity index (χ1v) is 6.07. The molecule has 1 heterocycles. The second kappa shape index (κ2) is 5.49. The van der Waals surface area contributed by atoms with Crippen molar-refractivity contribution in [1.29, 1.82) is 5.26 Å². The van der Waals surface area contributed by atoms with E-state index in [1.165, 1.54) is 6.07 Å². The lowest BCUT2D eigenvalue weighted by atomic mass is 10.2. The van der Waals surface area contributed by atoms with Crippen LogP contribution in [-0.4, -0.2) is 11.5 Å². The second-order valence-electron chi connectivity index (χ2n) is 4.13. The van der Waals surface area contributed by atoms with Gasteiger partial charge in [-0.1, -0.05) is 12.1 Å². The van der Waals surface area contributed by atoms with Gasteiger partial charge in [0.1, 0.15) is 11.9 Å². The van der Waals surface area contributed by atoms with Crippen LogP contribution in [0.1, 0.15) is 18.2 Å². The zero-order valence-corrected chi connectivity index (χ0v) is 10.9. The van der Waals surface area contributed by atoms with Crippen LogP contribution in [0.15, 0.2) is 36.4 Å². The van der Waals surface area contributed by atoms with E-state index in [2.05, 4.69) is 11.1 Å². The van der Waals surface area contributed by atoms with Crippen LogP contribution in [0.3, 0.4) is 0 Å². The fourth-order valence-corrected chi connectivity index (χ4v) is 1.94. The van der Waals surface area contributed by atoms with E-state index >= 15 is 0 Å². The third-order valence-electron chi connectivity index (χ3n) is 2.85. The monoisotopic (exact) mass is 255 g/mol. The number of nitrogens with zero attached hydrogens (tertiary/aromatic N) is 3. The van der Waals surface area contributed by atoms with Gasteiger partial charge in [0.25, 0.3) is 0 Å². The Bertz CT molecular complexity index is 632. The predicted molar refractivity (Wildman–Crippen MR) is 72.8 cm³/mol. The molecule has 1 aromatic carbocycles. The highest BCUT2D eigenvalue weighted by atomic mass is 19.1. The predicted octanol–water partition coefficient (Wildman–Crippen LogP) is 3.56. The Hall–Kier alpha value is -2.41. The van der Waals surface area contributed by atoms with Gasteiger partial charge < -0.3 is 4.90 Å². The molecule has 0 radical (unpaired) electrons. The van der Waals surface area contributed by atoms with Crippen LogP contribution in [0.5, 0.6) is 0 Å². The Morgan fingerprint density at radius 2 is 2.00 bits per heavy atom. The van der Waals surface area contributed by atoms with E-state index in [9.17, 15) is 4.39 Å². The van der Waals surface area contributed by atoms with Crippen molar-refractivity contribution in [1.82, 2.24) is 4.98 Å². The van der Waals surface area contributed by atoms with Gasteiger partial charge in [-0.3, -0.25) is 0 Å². The number of aryl methyl sites for hydroxylation is 1. The fourth-order valence-electron chi connectivity index (χ4n) is 1.94. The Balaban J connectivity index is 2.58. The van der Waals surface area contributed by atoms with Crippen LogP contribution in [0, 0.1) is 24.1 Å². The molecule has 0 N–H and O–H groups in total. The van der Waals surface area contributed by atoms with E-state index in [0.29, 0.717) is 23.6 Å². The van der Waals surface area contributed by atoms with Gasteiger partial charge in [0.15, 0.2) is 5.82 Å². The topological polar surface area (TPSA) is 39.9 Å². The smallest absolute Gasteiger partial charge is 0.151 e. The van der Waals surface area contributed by atoms with Crippen LogP contribution < -0.4 is 4.90 Å². The largest absolute Gasteiger partial charge is 0.323 e. The van der Waals surface area contributed by atoms with Gasteiger partial charge in [-0.2, -0.15) is 5.26 Å². The van der Waals surface area contributed by atoms with E-state index in [1.54, 1.807) is 35.2 Å². The highest BCUT2D eigenvalue weighted by Crippen LogP contribution is 2.28. The average Bonchev–Trinajstić information content (AvgIpc) is 2.42. The van der Waals surface area contributed by atoms with Crippen molar-refractivity contribution < 1.29 is 4.39 Å². The quantitative estimate of drug-likeness (QED) is 0.841. The SMILES string of the molecule is CCN(c1ccccc1F)c1nc(C)ccc1C#N. The summed E-state index contributed by atoms with van der Waals surface area (Å²) in [7, 11) is 0. The Labute approximate surface area is 111 Å². The third kappa shape index (κ3) is 2.55. The Kier molecular flexibility index (Phi) is 3.76. The third-order valence-corrected chi connectivity index (χ3v) is 2.85. The Morgan fingerprint density at radius 3 is 2.63 bits per heavy atom. The molecule has 0 aliphatic heterocycles. The van der Waals surface area contributed by atoms with Crippen molar-refractivity contribution in [2.45, 2.75) is 13.8 Å². The molecule has 0 saturated heterocycles. The molecule has 0 aliphatic rings. The normalized spacial score (nSPS) is 10.0. The second-order valence-corrected chi connectivity index (χ2v) is 4.13. The van der Waals surface area contributed by atoms with Gasteiger partial charge in [0, 0.05) is 12.2 Å². The standard InChI is InChI=1S/C15H14FN3/c1-3-19(14-7-5-4-6-13(14)16)15-12(10-17)9-8-11(2)18-15/h4-9H,3H2,1-2H3. The number of rotatable bonds is 3. The number of aromatic nitrogens is 1. The van der Waals surface area contributed by atoms with Gasteiger partial charge in [-0.25, -0.2) is 9.37 Å². The van der Waals surface area contributed by atoms with Crippen LogP contribution >= 0.6 is 0 Å². The maximum absolute atomic E-state index is 13.9. The first-order valence-electron chi connectivity index (χ1n) is 6.07. The summed E-state index contributed by atoms with van der Waals surface area (Å²) in [5.74, 6) is 0.173. The zero-order valence-electron chi connectivity index (χ0n) is 10.9. The molecule has 0 bridgehead atoms. The van der Waals surface area contributed by atoms with Gasteiger partial charge in [-0.15, -0.1) is 0 Å². The van der Waals surface area contributed by atoms with Crippen LogP contribution in [-0.2, 0) is 0 Å². The molecule has 19 heavy (non-hydrogen) atoms. The molecule has 0 atom stereocenters. The zero-order chi connectivity index (χ0) is 13.8. The first-order chi connectivity index (χ1) is 9.17. The number of benzene rings is 1. The van der Waals surface area contributed by atoms with Crippen molar-refractivity contribution in [3.63, 3.8) is 0 Å². The summed E-state index contributed by atoms with van der Waals surface area (Å²) in [6, 6.07) is 12.1. The van der Waals surface area contributed by atoms with Gasteiger partial charge in [-0.05, 0) is 38.1 Å². The van der Waals surface area contributed by atoms with Crippen molar-refractivity contribution in [2.24, 2.45) is 0 Å². The number of hydrogen-bond acceptors (Lipinski definition) is 3. The van der Waals surface area contributed by atoms with E-state index in [0.717, 1.165) is 5.69 Å². The molecule has 0 spiro atoms. The summed E-state index contributed by atoms with van der Waals surface area (Å²) < 4.78 is 13.9. The minimum Gasteiger partial charge on any atom is -0.323 e. The highest BCUT2D eigenvalue weighted by Gasteiger charge is 2.16.